The highest BCUT2D eigenvalue weighted by atomic mass is 32.1. The van der Waals surface area contributed by atoms with E-state index in [0.717, 1.165) is 60.4 Å². The summed E-state index contributed by atoms with van der Waals surface area (Å²) in [5.74, 6) is 1.80. The quantitative estimate of drug-likeness (QED) is 0.187. The highest BCUT2D eigenvalue weighted by Gasteiger charge is 2.19. The predicted molar refractivity (Wildman–Crippen MR) is 211 cm³/mol. The maximum absolute atomic E-state index is 6.39. The molecule has 0 saturated carbocycles. The van der Waals surface area contributed by atoms with Gasteiger partial charge < -0.3 is 4.42 Å². The van der Waals surface area contributed by atoms with Crippen molar-refractivity contribution in [2.75, 3.05) is 0 Å². The Labute approximate surface area is 295 Å². The van der Waals surface area contributed by atoms with Crippen molar-refractivity contribution in [3.8, 4) is 39.9 Å². The van der Waals surface area contributed by atoms with E-state index in [1.807, 2.05) is 53.8 Å². The van der Waals surface area contributed by atoms with Gasteiger partial charge in [0.1, 0.15) is 11.2 Å². The summed E-state index contributed by atoms with van der Waals surface area (Å²) in [7, 11) is 0. The van der Waals surface area contributed by atoms with E-state index in [4.69, 9.17) is 19.4 Å². The lowest BCUT2D eigenvalue weighted by atomic mass is 10.00. The van der Waals surface area contributed by atoms with Crippen LogP contribution in [0.1, 0.15) is 0 Å². The van der Waals surface area contributed by atoms with E-state index in [2.05, 4.69) is 120 Å². The molecule has 0 bridgehead atoms. The van der Waals surface area contributed by atoms with Crippen LogP contribution in [0.2, 0.25) is 0 Å². The predicted octanol–water partition coefficient (Wildman–Crippen LogP) is 12.2. The van der Waals surface area contributed by atoms with Crippen molar-refractivity contribution in [1.29, 1.82) is 0 Å². The van der Waals surface area contributed by atoms with Crippen molar-refractivity contribution in [3.63, 3.8) is 0 Å². The molecule has 238 valence electrons. The van der Waals surface area contributed by atoms with Gasteiger partial charge in [0.2, 0.25) is 5.95 Å². The van der Waals surface area contributed by atoms with Crippen molar-refractivity contribution < 1.29 is 4.42 Å². The summed E-state index contributed by atoms with van der Waals surface area (Å²) < 4.78 is 11.1. The van der Waals surface area contributed by atoms with Crippen LogP contribution in [0.25, 0.3) is 104 Å². The maximum atomic E-state index is 6.39. The number of para-hydroxylation sites is 2. The molecule has 4 heterocycles. The fourth-order valence-electron chi connectivity index (χ4n) is 7.51. The van der Waals surface area contributed by atoms with Crippen molar-refractivity contribution >= 4 is 75.3 Å². The number of hydrogen-bond acceptors (Lipinski definition) is 5. The van der Waals surface area contributed by atoms with E-state index in [-0.39, 0.29) is 0 Å². The van der Waals surface area contributed by atoms with Gasteiger partial charge in [-0.25, -0.2) is 4.98 Å². The van der Waals surface area contributed by atoms with Gasteiger partial charge in [0.25, 0.3) is 0 Å². The minimum atomic E-state index is 0.576. The number of aromatic nitrogens is 4. The van der Waals surface area contributed by atoms with Gasteiger partial charge in [0.15, 0.2) is 11.6 Å². The molecule has 0 N–H and O–H groups in total. The average Bonchev–Trinajstić information content (AvgIpc) is 3.87. The topological polar surface area (TPSA) is 56.7 Å². The normalized spacial score (nSPS) is 11.9. The number of fused-ring (bicyclic) bond motifs is 9. The van der Waals surface area contributed by atoms with E-state index in [9.17, 15) is 0 Å². The Bertz CT molecular complexity index is 3100. The number of benzene rings is 7. The van der Waals surface area contributed by atoms with Crippen LogP contribution in [-0.4, -0.2) is 19.5 Å². The standard InChI is InChI=1S/C45H26N4OS/c1-2-11-27(12-3-1)43-46-44(48-45(47-43)49-37-18-7-4-13-31(37)32-14-5-8-19-38(32)49)29-22-24-40-36(26-29)35-25-28(21-23-39(35)50-40)30-16-10-17-34-33-15-6-9-20-41(33)51-42(30)34/h1-26H. The molecule has 0 fully saturated rings. The highest BCUT2D eigenvalue weighted by Crippen LogP contribution is 2.42. The SMILES string of the molecule is c1ccc(-c2nc(-c3ccc4oc5ccc(-c6cccc7c6sc6ccccc67)cc5c4c3)nc(-n3c4ccccc4c4ccccc43)n2)cc1. The van der Waals surface area contributed by atoms with Crippen molar-refractivity contribution in [2.45, 2.75) is 0 Å². The maximum Gasteiger partial charge on any atom is 0.238 e. The minimum absolute atomic E-state index is 0.576. The summed E-state index contributed by atoms with van der Waals surface area (Å²) in [4.78, 5) is 15.3. The Kier molecular flexibility index (Phi) is 6.05. The Balaban J connectivity index is 1.12. The van der Waals surface area contributed by atoms with Crippen LogP contribution in [0, 0.1) is 0 Å². The molecule has 0 saturated heterocycles. The van der Waals surface area contributed by atoms with E-state index < -0.39 is 0 Å². The van der Waals surface area contributed by atoms with E-state index in [0.29, 0.717) is 17.6 Å². The van der Waals surface area contributed by atoms with Gasteiger partial charge in [-0.1, -0.05) is 109 Å². The highest BCUT2D eigenvalue weighted by molar-refractivity contribution is 7.26. The molecule has 7 aromatic carbocycles. The molecule has 6 heteroatoms. The zero-order valence-corrected chi connectivity index (χ0v) is 27.9. The van der Waals surface area contributed by atoms with Crippen LogP contribution in [0.3, 0.4) is 0 Å². The zero-order valence-electron chi connectivity index (χ0n) is 27.1. The van der Waals surface area contributed by atoms with Crippen LogP contribution in [0.15, 0.2) is 162 Å². The molecule has 4 aromatic heterocycles. The number of furan rings is 1. The second-order valence-electron chi connectivity index (χ2n) is 12.8. The summed E-state index contributed by atoms with van der Waals surface area (Å²) in [6.45, 7) is 0. The number of hydrogen-bond donors (Lipinski definition) is 0. The molecule has 0 atom stereocenters. The Morgan fingerprint density at radius 3 is 1.76 bits per heavy atom. The summed E-state index contributed by atoms with van der Waals surface area (Å²) in [5, 5.41) is 6.98. The third-order valence-electron chi connectivity index (χ3n) is 9.88. The Hall–Kier alpha value is -6.63. The first kappa shape index (κ1) is 28.2. The first-order valence-corrected chi connectivity index (χ1v) is 17.8. The van der Waals surface area contributed by atoms with Crippen molar-refractivity contribution in [3.05, 3.63) is 158 Å². The van der Waals surface area contributed by atoms with Crippen LogP contribution >= 0.6 is 11.3 Å². The van der Waals surface area contributed by atoms with Crippen LogP contribution < -0.4 is 0 Å². The first-order valence-electron chi connectivity index (χ1n) is 16.9. The third kappa shape index (κ3) is 4.37. The smallest absolute Gasteiger partial charge is 0.238 e. The molecule has 0 spiro atoms. The number of rotatable bonds is 4. The molecule has 5 nitrogen and oxygen atoms in total. The van der Waals surface area contributed by atoms with Gasteiger partial charge in [-0.3, -0.25) is 4.57 Å². The summed E-state index contributed by atoms with van der Waals surface area (Å²) >= 11 is 1.85. The zero-order chi connectivity index (χ0) is 33.5. The van der Waals surface area contributed by atoms with Crippen LogP contribution in [-0.2, 0) is 0 Å². The van der Waals surface area contributed by atoms with Crippen molar-refractivity contribution in [2.24, 2.45) is 0 Å². The Morgan fingerprint density at radius 1 is 0.431 bits per heavy atom. The second kappa shape index (κ2) is 10.9. The summed E-state index contributed by atoms with van der Waals surface area (Å²) in [6, 6.07) is 54.9. The van der Waals surface area contributed by atoms with Gasteiger partial charge >= 0.3 is 0 Å². The minimum Gasteiger partial charge on any atom is -0.456 e. The summed E-state index contributed by atoms with van der Waals surface area (Å²) in [6.07, 6.45) is 0. The molecule has 0 radical (unpaired) electrons. The lowest BCUT2D eigenvalue weighted by Crippen LogP contribution is -2.06. The van der Waals surface area contributed by atoms with Gasteiger partial charge in [-0.05, 0) is 59.7 Å². The molecule has 0 amide bonds. The molecule has 11 rings (SSSR count). The van der Waals surface area contributed by atoms with Gasteiger partial charge in [0, 0.05) is 52.8 Å². The second-order valence-corrected chi connectivity index (χ2v) is 13.9. The molecular formula is C45H26N4OS. The third-order valence-corrected chi connectivity index (χ3v) is 11.1. The average molecular weight is 671 g/mol. The monoisotopic (exact) mass is 670 g/mol. The summed E-state index contributed by atoms with van der Waals surface area (Å²) in [5.41, 5.74) is 7.98. The molecule has 0 aliphatic carbocycles. The Morgan fingerprint density at radius 2 is 1.02 bits per heavy atom. The first-order chi connectivity index (χ1) is 25.3. The van der Waals surface area contributed by atoms with Gasteiger partial charge in [-0.15, -0.1) is 11.3 Å². The molecule has 51 heavy (non-hydrogen) atoms. The molecule has 0 aliphatic rings. The number of nitrogens with zero attached hydrogens (tertiary/aromatic N) is 4. The fourth-order valence-corrected chi connectivity index (χ4v) is 8.74. The molecule has 11 aromatic rings. The van der Waals surface area contributed by atoms with E-state index in [1.54, 1.807) is 0 Å². The largest absolute Gasteiger partial charge is 0.456 e. The van der Waals surface area contributed by atoms with Crippen LogP contribution in [0.5, 0.6) is 0 Å². The molecular weight excluding hydrogens is 645 g/mol. The van der Waals surface area contributed by atoms with Crippen LogP contribution in [0.4, 0.5) is 0 Å². The van der Waals surface area contributed by atoms with E-state index >= 15 is 0 Å². The van der Waals surface area contributed by atoms with Crippen molar-refractivity contribution in [1.82, 2.24) is 19.5 Å². The molecule has 0 unspecified atom stereocenters. The van der Waals surface area contributed by atoms with Gasteiger partial charge in [0.05, 0.1) is 11.0 Å². The number of thiophene rings is 1. The fraction of sp³-hybridized carbons (Fsp3) is 0. The lowest BCUT2D eigenvalue weighted by Gasteiger charge is -2.11. The van der Waals surface area contributed by atoms with Gasteiger partial charge in [-0.2, -0.15) is 9.97 Å². The van der Waals surface area contributed by atoms with E-state index in [1.165, 1.54) is 25.7 Å². The molecule has 0 aliphatic heterocycles. The lowest BCUT2D eigenvalue weighted by molar-refractivity contribution is 0.669.